The molecule has 6 heteroatoms. The van der Waals surface area contributed by atoms with Gasteiger partial charge in [-0.3, -0.25) is 19.3 Å². The first kappa shape index (κ1) is 16.2. The molecule has 0 bridgehead atoms. The van der Waals surface area contributed by atoms with Crippen molar-refractivity contribution in [2.75, 3.05) is 12.4 Å². The van der Waals surface area contributed by atoms with Crippen LogP contribution >= 0.6 is 0 Å². The Morgan fingerprint density at radius 2 is 1.67 bits per heavy atom. The third kappa shape index (κ3) is 2.79. The van der Waals surface area contributed by atoms with E-state index in [1.165, 1.54) is 0 Å². The lowest BCUT2D eigenvalue weighted by Gasteiger charge is -2.22. The SMILES string of the molecule is COc1ccc(NC(=O)[C@H](C)N2C(=O)[C@H]3CC=CC[C@H]3C2=O)cc1. The van der Waals surface area contributed by atoms with Crippen molar-refractivity contribution in [2.24, 2.45) is 11.8 Å². The highest BCUT2D eigenvalue weighted by atomic mass is 16.5. The van der Waals surface area contributed by atoms with Crippen LogP contribution < -0.4 is 10.1 Å². The minimum Gasteiger partial charge on any atom is -0.497 e. The summed E-state index contributed by atoms with van der Waals surface area (Å²) in [6, 6.07) is 6.04. The highest BCUT2D eigenvalue weighted by molar-refractivity contribution is 6.10. The summed E-state index contributed by atoms with van der Waals surface area (Å²) in [5.74, 6) is -0.827. The predicted octanol–water partition coefficient (Wildman–Crippen LogP) is 1.97. The maximum absolute atomic E-state index is 12.5. The van der Waals surface area contributed by atoms with Gasteiger partial charge in [-0.25, -0.2) is 0 Å². The van der Waals surface area contributed by atoms with E-state index in [-0.39, 0.29) is 29.6 Å². The highest BCUT2D eigenvalue weighted by Crippen LogP contribution is 2.36. The van der Waals surface area contributed by atoms with Crippen molar-refractivity contribution < 1.29 is 19.1 Å². The molecular formula is C18H20N2O4. The summed E-state index contributed by atoms with van der Waals surface area (Å²) in [5.41, 5.74) is 0.589. The second-order valence-electron chi connectivity index (χ2n) is 6.10. The van der Waals surface area contributed by atoms with Crippen LogP contribution in [0.3, 0.4) is 0 Å². The van der Waals surface area contributed by atoms with Crippen molar-refractivity contribution >= 4 is 23.4 Å². The van der Waals surface area contributed by atoms with Crippen LogP contribution in [0.1, 0.15) is 19.8 Å². The largest absolute Gasteiger partial charge is 0.497 e. The van der Waals surface area contributed by atoms with Gasteiger partial charge in [0.1, 0.15) is 11.8 Å². The molecule has 0 radical (unpaired) electrons. The van der Waals surface area contributed by atoms with Crippen molar-refractivity contribution in [1.29, 1.82) is 0 Å². The molecule has 6 nitrogen and oxygen atoms in total. The number of methoxy groups -OCH3 is 1. The zero-order valence-corrected chi connectivity index (χ0v) is 13.7. The van der Waals surface area contributed by atoms with Crippen molar-refractivity contribution in [2.45, 2.75) is 25.8 Å². The molecule has 3 amide bonds. The lowest BCUT2D eigenvalue weighted by molar-refractivity contribution is -0.146. The summed E-state index contributed by atoms with van der Waals surface area (Å²) in [4.78, 5) is 38.6. The molecule has 0 unspecified atom stereocenters. The number of carbonyl (C=O) groups excluding carboxylic acids is 3. The topological polar surface area (TPSA) is 75.7 Å². The quantitative estimate of drug-likeness (QED) is 0.677. The monoisotopic (exact) mass is 328 g/mol. The zero-order valence-electron chi connectivity index (χ0n) is 13.7. The van der Waals surface area contributed by atoms with Crippen molar-refractivity contribution in [1.82, 2.24) is 4.90 Å². The number of ether oxygens (including phenoxy) is 1. The fraction of sp³-hybridized carbons (Fsp3) is 0.389. The molecule has 1 heterocycles. The molecule has 1 aliphatic carbocycles. The van der Waals surface area contributed by atoms with E-state index < -0.39 is 6.04 Å². The predicted molar refractivity (Wildman–Crippen MR) is 88.3 cm³/mol. The lowest BCUT2D eigenvalue weighted by Crippen LogP contribution is -2.46. The van der Waals surface area contributed by atoms with Crippen molar-refractivity contribution in [3.05, 3.63) is 36.4 Å². The van der Waals surface area contributed by atoms with Crippen LogP contribution in [0, 0.1) is 11.8 Å². The van der Waals surface area contributed by atoms with Gasteiger partial charge in [-0.05, 0) is 44.0 Å². The Bertz CT molecular complexity index is 669. The van der Waals surface area contributed by atoms with Gasteiger partial charge in [-0.2, -0.15) is 0 Å². The molecule has 0 aromatic heterocycles. The van der Waals surface area contributed by atoms with Crippen molar-refractivity contribution in [3.63, 3.8) is 0 Å². The first-order chi connectivity index (χ1) is 11.5. The van der Waals surface area contributed by atoms with Gasteiger partial charge in [0.2, 0.25) is 17.7 Å². The Labute approximate surface area is 140 Å². The Morgan fingerprint density at radius 3 is 2.17 bits per heavy atom. The number of nitrogens with zero attached hydrogens (tertiary/aromatic N) is 1. The molecule has 1 saturated heterocycles. The maximum Gasteiger partial charge on any atom is 0.247 e. The van der Waals surface area contributed by atoms with E-state index in [4.69, 9.17) is 4.74 Å². The van der Waals surface area contributed by atoms with E-state index in [0.717, 1.165) is 4.90 Å². The van der Waals surface area contributed by atoms with Gasteiger partial charge < -0.3 is 10.1 Å². The number of amides is 3. The van der Waals surface area contributed by atoms with Crippen LogP contribution in [0.25, 0.3) is 0 Å². The zero-order chi connectivity index (χ0) is 17.3. The van der Waals surface area contributed by atoms with Crippen molar-refractivity contribution in [3.8, 4) is 5.75 Å². The van der Waals surface area contributed by atoms with Crippen LogP contribution in [0.4, 0.5) is 5.69 Å². The van der Waals surface area contributed by atoms with Gasteiger partial charge >= 0.3 is 0 Å². The standard InChI is InChI=1S/C18H20N2O4/c1-11(16(21)19-12-7-9-13(24-2)10-8-12)20-17(22)14-5-3-4-6-15(14)18(20)23/h3-4,7-11,14-15H,5-6H2,1-2H3,(H,19,21)/t11-,14-,15+/m0/s1. The number of anilines is 1. The molecule has 1 fully saturated rings. The summed E-state index contributed by atoms with van der Waals surface area (Å²) >= 11 is 0. The first-order valence-electron chi connectivity index (χ1n) is 7.99. The molecule has 1 N–H and O–H groups in total. The fourth-order valence-corrected chi connectivity index (χ4v) is 3.25. The second-order valence-corrected chi connectivity index (χ2v) is 6.10. The van der Waals surface area contributed by atoms with E-state index >= 15 is 0 Å². The molecule has 2 aliphatic rings. The molecule has 0 saturated carbocycles. The number of hydrogen-bond acceptors (Lipinski definition) is 4. The first-order valence-corrected chi connectivity index (χ1v) is 7.99. The number of likely N-dealkylation sites (tertiary alicyclic amines) is 1. The molecule has 3 rings (SSSR count). The number of nitrogens with one attached hydrogen (secondary N) is 1. The summed E-state index contributed by atoms with van der Waals surface area (Å²) < 4.78 is 5.07. The van der Waals surface area contributed by atoms with Gasteiger partial charge in [-0.15, -0.1) is 0 Å². The van der Waals surface area contributed by atoms with Gasteiger partial charge in [0.25, 0.3) is 0 Å². The maximum atomic E-state index is 12.5. The lowest BCUT2D eigenvalue weighted by atomic mass is 9.85. The number of benzene rings is 1. The fourth-order valence-electron chi connectivity index (χ4n) is 3.25. The summed E-state index contributed by atoms with van der Waals surface area (Å²) in [6.07, 6.45) is 4.99. The molecule has 1 aromatic carbocycles. The Kier molecular flexibility index (Phi) is 4.38. The highest BCUT2D eigenvalue weighted by Gasteiger charge is 2.50. The molecule has 3 atom stereocenters. The van der Waals surface area contributed by atoms with Gasteiger partial charge in [0, 0.05) is 5.69 Å². The minimum absolute atomic E-state index is 0.244. The molecule has 1 aromatic rings. The number of hydrogen-bond donors (Lipinski definition) is 1. The number of allylic oxidation sites excluding steroid dienone is 2. The van der Waals surface area contributed by atoms with E-state index in [0.29, 0.717) is 24.3 Å². The van der Waals surface area contributed by atoms with Crippen LogP contribution in [0.15, 0.2) is 36.4 Å². The average molecular weight is 328 g/mol. The summed E-state index contributed by atoms with van der Waals surface area (Å²) in [5, 5.41) is 2.74. The molecule has 126 valence electrons. The molecular weight excluding hydrogens is 308 g/mol. The van der Waals surface area contributed by atoms with Crippen LogP contribution in [-0.4, -0.2) is 35.8 Å². The smallest absolute Gasteiger partial charge is 0.247 e. The van der Waals surface area contributed by atoms with E-state index in [1.807, 2.05) is 12.2 Å². The Hall–Kier alpha value is -2.63. The average Bonchev–Trinajstić information content (AvgIpc) is 2.86. The van der Waals surface area contributed by atoms with Gasteiger partial charge in [0.15, 0.2) is 0 Å². The Morgan fingerprint density at radius 1 is 1.12 bits per heavy atom. The summed E-state index contributed by atoms with van der Waals surface area (Å²) in [7, 11) is 1.56. The number of fused-ring (bicyclic) bond motifs is 1. The molecule has 24 heavy (non-hydrogen) atoms. The van der Waals surface area contributed by atoms with E-state index in [2.05, 4.69) is 5.32 Å². The van der Waals surface area contributed by atoms with E-state index in [1.54, 1.807) is 38.3 Å². The van der Waals surface area contributed by atoms with Gasteiger partial charge in [-0.1, -0.05) is 12.2 Å². The molecule has 1 aliphatic heterocycles. The third-order valence-corrected chi connectivity index (χ3v) is 4.67. The number of imide groups is 1. The van der Waals surface area contributed by atoms with Crippen LogP contribution in [0.5, 0.6) is 5.75 Å². The van der Waals surface area contributed by atoms with Crippen LogP contribution in [-0.2, 0) is 14.4 Å². The Balaban J connectivity index is 1.71. The number of rotatable bonds is 4. The second kappa shape index (κ2) is 6.47. The summed E-state index contributed by atoms with van der Waals surface area (Å²) in [6.45, 7) is 1.58. The minimum atomic E-state index is -0.835. The van der Waals surface area contributed by atoms with E-state index in [9.17, 15) is 14.4 Å². The van der Waals surface area contributed by atoms with Crippen LogP contribution in [0.2, 0.25) is 0 Å². The third-order valence-electron chi connectivity index (χ3n) is 4.67. The normalized spacial score (nSPS) is 23.8. The molecule has 0 spiro atoms. The number of carbonyl (C=O) groups is 3. The van der Waals surface area contributed by atoms with Gasteiger partial charge in [0.05, 0.1) is 18.9 Å².